The number of rotatable bonds is 7. The molecule has 268 valence electrons. The minimum atomic E-state index is -1.38. The summed E-state index contributed by atoms with van der Waals surface area (Å²) in [6.07, 6.45) is 3.50. The number of benzene rings is 2. The average molecular weight is 707 g/mol. The Balaban J connectivity index is 0.782. The molecule has 3 N–H and O–H groups in total. The molecule has 2 aromatic heterocycles. The SMILES string of the molecule is Cc1ccc(-c2nn(C3CCN(C4CN(CC5(F)CN(c6ccc7c(c6)C(=O)N(C6CCC(=O)NC6=O)C7=O)C5)C4)CC3)c3ncnc(N)c23)cc1. The van der Waals surface area contributed by atoms with Crippen molar-refractivity contribution in [2.45, 2.75) is 56.4 Å². The topological polar surface area (TPSA) is 163 Å². The molecular weight excluding hydrogens is 667 g/mol. The maximum atomic E-state index is 15.9. The lowest BCUT2D eigenvalue weighted by atomic mass is 9.91. The normalized spacial score (nSPS) is 22.8. The molecule has 4 fully saturated rings. The van der Waals surface area contributed by atoms with Gasteiger partial charge in [-0.15, -0.1) is 0 Å². The van der Waals surface area contributed by atoms with Crippen LogP contribution in [0.25, 0.3) is 22.3 Å². The van der Waals surface area contributed by atoms with Crippen molar-refractivity contribution < 1.29 is 23.6 Å². The molecule has 0 spiro atoms. The summed E-state index contributed by atoms with van der Waals surface area (Å²) >= 11 is 0. The number of aryl methyl sites for hydroxylation is 1. The number of anilines is 2. The molecule has 5 aliphatic heterocycles. The first-order valence-electron chi connectivity index (χ1n) is 17.9. The fourth-order valence-corrected chi connectivity index (χ4v) is 8.54. The van der Waals surface area contributed by atoms with E-state index < -0.39 is 35.3 Å². The number of fused-ring (bicyclic) bond motifs is 2. The lowest BCUT2D eigenvalue weighted by molar-refractivity contribution is -0.136. The highest BCUT2D eigenvalue weighted by Crippen LogP contribution is 2.38. The van der Waals surface area contributed by atoms with Gasteiger partial charge in [0.25, 0.3) is 11.8 Å². The van der Waals surface area contributed by atoms with Gasteiger partial charge in [0.15, 0.2) is 11.3 Å². The van der Waals surface area contributed by atoms with Crippen LogP contribution in [0, 0.1) is 6.92 Å². The molecule has 52 heavy (non-hydrogen) atoms. The van der Waals surface area contributed by atoms with Crippen LogP contribution >= 0.6 is 0 Å². The third-order valence-corrected chi connectivity index (χ3v) is 11.4. The van der Waals surface area contributed by atoms with E-state index in [2.05, 4.69) is 56.3 Å². The summed E-state index contributed by atoms with van der Waals surface area (Å²) in [7, 11) is 0. The van der Waals surface area contributed by atoms with E-state index in [4.69, 9.17) is 10.8 Å². The highest BCUT2D eigenvalue weighted by molar-refractivity contribution is 6.23. The minimum absolute atomic E-state index is 0.0594. The second-order valence-corrected chi connectivity index (χ2v) is 14.9. The van der Waals surface area contributed by atoms with E-state index in [0.29, 0.717) is 24.1 Å². The van der Waals surface area contributed by atoms with E-state index in [1.165, 1.54) is 11.9 Å². The van der Waals surface area contributed by atoms with Gasteiger partial charge in [-0.3, -0.25) is 39.2 Å². The van der Waals surface area contributed by atoms with Crippen molar-refractivity contribution in [2.75, 3.05) is 56.4 Å². The van der Waals surface area contributed by atoms with E-state index >= 15 is 4.39 Å². The number of carbonyl (C=O) groups is 4. The molecular formula is C37H39FN10O4. The number of piperidine rings is 2. The Labute approximate surface area is 298 Å². The minimum Gasteiger partial charge on any atom is -0.383 e. The van der Waals surface area contributed by atoms with Crippen LogP contribution < -0.4 is 16.0 Å². The van der Waals surface area contributed by atoms with Gasteiger partial charge in [0.1, 0.15) is 23.9 Å². The number of nitrogens with zero attached hydrogens (tertiary/aromatic N) is 8. The standard InChI is InChI=1S/C37H39FN10O4/c1-21-2-4-22(5-3-21)31-30-32(39)40-20-41-33(30)48(43-31)23-10-12-45(13-11-23)25-15-44(16-25)17-37(38)18-46(19-37)24-6-7-26-27(14-24)36(52)47(35(26)51)28-8-9-29(49)42-34(28)50/h2-7,14,20,23,25,28H,8-13,15-19H2,1H3,(H2,39,40,41)(H,42,49,50). The summed E-state index contributed by atoms with van der Waals surface area (Å²) in [6, 6.07) is 12.7. The van der Waals surface area contributed by atoms with Crippen LogP contribution in [0.1, 0.15) is 58.0 Å². The molecule has 1 atom stereocenters. The van der Waals surface area contributed by atoms with Crippen molar-refractivity contribution in [2.24, 2.45) is 0 Å². The fourth-order valence-electron chi connectivity index (χ4n) is 8.54. The van der Waals surface area contributed by atoms with Gasteiger partial charge >= 0.3 is 0 Å². The van der Waals surface area contributed by atoms with Gasteiger partial charge < -0.3 is 10.6 Å². The van der Waals surface area contributed by atoms with Crippen LogP contribution in [0.2, 0.25) is 0 Å². The van der Waals surface area contributed by atoms with E-state index in [0.717, 1.165) is 66.2 Å². The van der Waals surface area contributed by atoms with Crippen LogP contribution in [0.15, 0.2) is 48.8 Å². The highest BCUT2D eigenvalue weighted by atomic mass is 19.1. The zero-order valence-corrected chi connectivity index (χ0v) is 28.8. The first-order valence-corrected chi connectivity index (χ1v) is 17.9. The van der Waals surface area contributed by atoms with Gasteiger partial charge in [-0.25, -0.2) is 19.0 Å². The molecule has 0 aliphatic carbocycles. The maximum Gasteiger partial charge on any atom is 0.262 e. The van der Waals surface area contributed by atoms with E-state index in [9.17, 15) is 19.2 Å². The Kier molecular flexibility index (Phi) is 7.63. The molecule has 0 radical (unpaired) electrons. The van der Waals surface area contributed by atoms with Crippen LogP contribution in [0.4, 0.5) is 15.9 Å². The predicted molar refractivity (Wildman–Crippen MR) is 189 cm³/mol. The number of amides is 4. The Hall–Kier alpha value is -5.28. The van der Waals surface area contributed by atoms with Crippen molar-refractivity contribution in [3.63, 3.8) is 0 Å². The molecule has 0 saturated carbocycles. The maximum absolute atomic E-state index is 15.9. The van der Waals surface area contributed by atoms with Crippen molar-refractivity contribution in [3.05, 3.63) is 65.5 Å². The van der Waals surface area contributed by atoms with Gasteiger partial charge in [0, 0.05) is 56.4 Å². The number of alkyl halides is 1. The van der Waals surface area contributed by atoms with E-state index in [-0.39, 0.29) is 43.1 Å². The summed E-state index contributed by atoms with van der Waals surface area (Å²) in [5, 5.41) is 8.02. The third kappa shape index (κ3) is 5.41. The lowest BCUT2D eigenvalue weighted by Crippen LogP contribution is -2.69. The van der Waals surface area contributed by atoms with Crippen LogP contribution in [-0.4, -0.2) is 122 Å². The van der Waals surface area contributed by atoms with Crippen molar-refractivity contribution in [1.82, 2.24) is 39.8 Å². The van der Waals surface area contributed by atoms with Crippen LogP contribution in [0.3, 0.4) is 0 Å². The van der Waals surface area contributed by atoms with E-state index in [1.54, 1.807) is 18.2 Å². The van der Waals surface area contributed by atoms with Crippen molar-refractivity contribution >= 4 is 46.2 Å². The van der Waals surface area contributed by atoms with Crippen molar-refractivity contribution in [3.8, 4) is 11.3 Å². The number of halogens is 1. The summed E-state index contributed by atoms with van der Waals surface area (Å²) < 4.78 is 17.9. The molecule has 4 amide bonds. The second kappa shape index (κ2) is 12.2. The number of nitrogen functional groups attached to an aromatic ring is 1. The van der Waals surface area contributed by atoms with Crippen LogP contribution in [-0.2, 0) is 9.59 Å². The molecule has 14 nitrogen and oxygen atoms in total. The zero-order valence-electron chi connectivity index (χ0n) is 28.8. The summed E-state index contributed by atoms with van der Waals surface area (Å²) in [5.74, 6) is -1.76. The van der Waals surface area contributed by atoms with Gasteiger partial charge in [-0.1, -0.05) is 29.8 Å². The number of nitrogens with two attached hydrogens (primary N) is 1. The number of imide groups is 2. The van der Waals surface area contributed by atoms with Gasteiger partial charge in [-0.05, 0) is 44.4 Å². The summed E-state index contributed by atoms with van der Waals surface area (Å²) in [4.78, 5) is 66.6. The number of carbonyl (C=O) groups excluding carboxylic acids is 4. The molecule has 7 heterocycles. The van der Waals surface area contributed by atoms with Crippen molar-refractivity contribution in [1.29, 1.82) is 0 Å². The monoisotopic (exact) mass is 706 g/mol. The average Bonchev–Trinajstić information content (AvgIpc) is 3.61. The fraction of sp³-hybridized carbons (Fsp3) is 0.432. The first kappa shape index (κ1) is 32.6. The molecule has 0 bridgehead atoms. The number of nitrogens with one attached hydrogen (secondary N) is 1. The Morgan fingerprint density at radius 2 is 1.65 bits per heavy atom. The molecule has 2 aromatic carbocycles. The predicted octanol–water partition coefficient (Wildman–Crippen LogP) is 2.33. The third-order valence-electron chi connectivity index (χ3n) is 11.4. The van der Waals surface area contributed by atoms with E-state index in [1.807, 2.05) is 9.58 Å². The van der Waals surface area contributed by atoms with Gasteiger partial charge in [-0.2, -0.15) is 5.10 Å². The number of hydrogen-bond donors (Lipinski definition) is 2. The number of likely N-dealkylation sites (tertiary alicyclic amines) is 2. The molecule has 4 saturated heterocycles. The van der Waals surface area contributed by atoms with Gasteiger partial charge in [0.05, 0.1) is 35.6 Å². The Bertz CT molecular complexity index is 2130. The highest BCUT2D eigenvalue weighted by Gasteiger charge is 2.49. The summed E-state index contributed by atoms with van der Waals surface area (Å²) in [5.41, 5.74) is 9.74. The molecule has 5 aliphatic rings. The first-order chi connectivity index (χ1) is 25.0. The zero-order chi connectivity index (χ0) is 35.9. The Morgan fingerprint density at radius 1 is 0.923 bits per heavy atom. The van der Waals surface area contributed by atoms with Crippen LogP contribution in [0.5, 0.6) is 0 Å². The number of aromatic nitrogens is 4. The molecule has 1 unspecified atom stereocenters. The smallest absolute Gasteiger partial charge is 0.262 e. The molecule has 15 heteroatoms. The quantitative estimate of drug-likeness (QED) is 0.271. The number of hydrogen-bond acceptors (Lipinski definition) is 11. The largest absolute Gasteiger partial charge is 0.383 e. The lowest BCUT2D eigenvalue weighted by Gasteiger charge is -2.53. The summed E-state index contributed by atoms with van der Waals surface area (Å²) in [6.45, 7) is 6.23. The molecule has 9 rings (SSSR count). The Morgan fingerprint density at radius 3 is 2.38 bits per heavy atom. The molecule has 4 aromatic rings. The van der Waals surface area contributed by atoms with Gasteiger partial charge in [0.2, 0.25) is 11.8 Å². The second-order valence-electron chi connectivity index (χ2n) is 14.9.